The maximum atomic E-state index is 14.2. The third-order valence-corrected chi connectivity index (χ3v) is 5.55. The van der Waals surface area contributed by atoms with Gasteiger partial charge in [-0.1, -0.05) is 30.3 Å². The van der Waals surface area contributed by atoms with Gasteiger partial charge in [-0.25, -0.2) is 22.3 Å². The summed E-state index contributed by atoms with van der Waals surface area (Å²) in [5.74, 6) is -0.992. The van der Waals surface area contributed by atoms with Gasteiger partial charge in [0.25, 0.3) is 0 Å². The van der Waals surface area contributed by atoms with Crippen molar-refractivity contribution in [2.45, 2.75) is 25.3 Å². The fourth-order valence-corrected chi connectivity index (χ4v) is 4.24. The predicted octanol–water partition coefficient (Wildman–Crippen LogP) is 2.55. The van der Waals surface area contributed by atoms with E-state index in [0.717, 1.165) is 17.9 Å². The van der Waals surface area contributed by atoms with Gasteiger partial charge in [0, 0.05) is 24.8 Å². The first-order valence-corrected chi connectivity index (χ1v) is 11.8. The lowest BCUT2D eigenvalue weighted by Crippen LogP contribution is -2.50. The second kappa shape index (κ2) is 9.88. The fourth-order valence-electron chi connectivity index (χ4n) is 3.44. The number of piperidine rings is 1. The molecule has 0 spiro atoms. The monoisotopic (exact) mass is 448 g/mol. The number of sulfonamides is 1. The number of nitrogens with zero attached hydrogens (tertiary/aromatic N) is 1. The zero-order valence-corrected chi connectivity index (χ0v) is 17.9. The van der Waals surface area contributed by atoms with Crippen LogP contribution in [0, 0.1) is 5.82 Å². The summed E-state index contributed by atoms with van der Waals surface area (Å²) in [6.45, 7) is 0.719. The highest BCUT2D eigenvalue weighted by Crippen LogP contribution is 2.21. The van der Waals surface area contributed by atoms with Crippen molar-refractivity contribution in [1.82, 2.24) is 9.62 Å². The molecule has 166 valence electrons. The van der Waals surface area contributed by atoms with Gasteiger partial charge in [-0.15, -0.1) is 0 Å². The number of carbonyl (C=O) groups excluding carboxylic acids is 2. The number of nitrogens with one attached hydrogen (secondary N) is 3. The Hall–Kier alpha value is -2.98. The van der Waals surface area contributed by atoms with Crippen molar-refractivity contribution in [3.63, 3.8) is 0 Å². The van der Waals surface area contributed by atoms with E-state index in [9.17, 15) is 22.4 Å². The molecule has 1 aliphatic rings. The van der Waals surface area contributed by atoms with E-state index in [2.05, 4.69) is 15.4 Å². The van der Waals surface area contributed by atoms with Gasteiger partial charge in [-0.3, -0.25) is 4.79 Å². The average molecular weight is 449 g/mol. The smallest absolute Gasteiger partial charge is 0.321 e. The molecule has 1 atom stereocenters. The van der Waals surface area contributed by atoms with Gasteiger partial charge < -0.3 is 15.5 Å². The van der Waals surface area contributed by atoms with Crippen molar-refractivity contribution >= 4 is 33.3 Å². The van der Waals surface area contributed by atoms with Crippen LogP contribution in [0.25, 0.3) is 0 Å². The van der Waals surface area contributed by atoms with Crippen molar-refractivity contribution in [2.75, 3.05) is 30.0 Å². The Kier molecular flexibility index (Phi) is 7.24. The van der Waals surface area contributed by atoms with Gasteiger partial charge in [-0.2, -0.15) is 0 Å². The molecule has 0 aromatic heterocycles. The Bertz CT molecular complexity index is 1050. The van der Waals surface area contributed by atoms with Gasteiger partial charge in [0.1, 0.15) is 5.82 Å². The number of anilines is 2. The molecule has 3 amide bonds. The normalized spacial score (nSPS) is 16.6. The molecule has 0 radical (unpaired) electrons. The summed E-state index contributed by atoms with van der Waals surface area (Å²) in [5, 5.41) is 5.21. The Morgan fingerprint density at radius 3 is 2.58 bits per heavy atom. The van der Waals surface area contributed by atoms with Gasteiger partial charge in [-0.05, 0) is 36.6 Å². The van der Waals surface area contributed by atoms with Crippen LogP contribution in [0.5, 0.6) is 0 Å². The molecule has 0 saturated carbocycles. The van der Waals surface area contributed by atoms with Crippen molar-refractivity contribution in [2.24, 2.45) is 0 Å². The van der Waals surface area contributed by atoms with Crippen LogP contribution in [0.2, 0.25) is 0 Å². The summed E-state index contributed by atoms with van der Waals surface area (Å²) < 4.78 is 39.6. The second-order valence-electron chi connectivity index (χ2n) is 7.51. The molecule has 2 aromatic carbocycles. The lowest BCUT2D eigenvalue weighted by molar-refractivity contribution is -0.115. The quantitative estimate of drug-likeness (QED) is 0.631. The standard InChI is InChI=1S/C21H25FN4O4S/c1-31(29,30)25-17-8-5-11-26(14-17)21(28)23-16-9-10-18(22)19(13-16)24-20(27)12-15-6-3-2-4-7-15/h2-4,6-7,9-10,13,17,25H,5,8,11-12,14H2,1H3,(H,23,28)(H,24,27)/t17-/m1/s1. The number of hydrogen-bond acceptors (Lipinski definition) is 4. The van der Waals surface area contributed by atoms with E-state index < -0.39 is 21.9 Å². The first-order chi connectivity index (χ1) is 14.7. The number of carbonyl (C=O) groups is 2. The molecule has 1 aliphatic heterocycles. The second-order valence-corrected chi connectivity index (χ2v) is 9.29. The molecule has 3 rings (SSSR count). The minimum absolute atomic E-state index is 0.0333. The highest BCUT2D eigenvalue weighted by atomic mass is 32.2. The molecule has 10 heteroatoms. The van der Waals surface area contributed by atoms with Crippen LogP contribution in [0.15, 0.2) is 48.5 Å². The van der Waals surface area contributed by atoms with Crippen LogP contribution in [0.4, 0.5) is 20.6 Å². The van der Waals surface area contributed by atoms with Crippen LogP contribution < -0.4 is 15.4 Å². The van der Waals surface area contributed by atoms with E-state index in [-0.39, 0.29) is 30.6 Å². The number of halogens is 1. The summed E-state index contributed by atoms with van der Waals surface area (Å²) >= 11 is 0. The van der Waals surface area contributed by atoms with Crippen LogP contribution >= 0.6 is 0 Å². The molecule has 1 saturated heterocycles. The van der Waals surface area contributed by atoms with Crippen LogP contribution in [0.1, 0.15) is 18.4 Å². The zero-order valence-electron chi connectivity index (χ0n) is 17.1. The predicted molar refractivity (Wildman–Crippen MR) is 117 cm³/mol. The van der Waals surface area contributed by atoms with E-state index in [1.165, 1.54) is 17.0 Å². The van der Waals surface area contributed by atoms with Crippen LogP contribution in [-0.4, -0.2) is 50.6 Å². The molecular weight excluding hydrogens is 423 g/mol. The van der Waals surface area contributed by atoms with Crippen molar-refractivity contribution in [1.29, 1.82) is 0 Å². The highest BCUT2D eigenvalue weighted by Gasteiger charge is 2.25. The number of rotatable bonds is 6. The van der Waals surface area contributed by atoms with Crippen molar-refractivity contribution in [3.05, 3.63) is 59.9 Å². The molecule has 3 N–H and O–H groups in total. The summed E-state index contributed by atoms with van der Waals surface area (Å²) in [4.78, 5) is 26.3. The minimum atomic E-state index is -3.37. The van der Waals surface area contributed by atoms with Gasteiger partial charge in [0.2, 0.25) is 15.9 Å². The Morgan fingerprint density at radius 1 is 1.13 bits per heavy atom. The highest BCUT2D eigenvalue weighted by molar-refractivity contribution is 7.88. The zero-order chi connectivity index (χ0) is 22.4. The molecule has 0 aliphatic carbocycles. The first kappa shape index (κ1) is 22.7. The fraction of sp³-hybridized carbons (Fsp3) is 0.333. The molecular formula is C21H25FN4O4S. The molecule has 1 fully saturated rings. The summed E-state index contributed by atoms with van der Waals surface area (Å²) in [7, 11) is -3.37. The maximum Gasteiger partial charge on any atom is 0.321 e. The van der Waals surface area contributed by atoms with Gasteiger partial charge >= 0.3 is 6.03 Å². The SMILES string of the molecule is CS(=O)(=O)N[C@@H]1CCCN(C(=O)Nc2ccc(F)c(NC(=O)Cc3ccccc3)c2)C1. The average Bonchev–Trinajstić information content (AvgIpc) is 2.70. The minimum Gasteiger partial charge on any atom is -0.323 e. The van der Waals surface area contributed by atoms with Crippen LogP contribution in [-0.2, 0) is 21.2 Å². The lowest BCUT2D eigenvalue weighted by Gasteiger charge is -2.32. The number of urea groups is 1. The van der Waals surface area contributed by atoms with E-state index in [1.54, 1.807) is 12.1 Å². The summed E-state index contributed by atoms with van der Waals surface area (Å²) in [5.41, 5.74) is 1.08. The van der Waals surface area contributed by atoms with E-state index in [4.69, 9.17) is 0 Å². The summed E-state index contributed by atoms with van der Waals surface area (Å²) in [6, 6.07) is 12.2. The largest absolute Gasteiger partial charge is 0.323 e. The number of likely N-dealkylation sites (tertiary alicyclic amines) is 1. The number of hydrogen-bond donors (Lipinski definition) is 3. The van der Waals surface area contributed by atoms with Crippen molar-refractivity contribution < 1.29 is 22.4 Å². The third kappa shape index (κ3) is 7.04. The third-order valence-electron chi connectivity index (χ3n) is 4.79. The molecule has 2 aromatic rings. The van der Waals surface area contributed by atoms with E-state index in [0.29, 0.717) is 25.1 Å². The first-order valence-electron chi connectivity index (χ1n) is 9.86. The van der Waals surface area contributed by atoms with Crippen LogP contribution in [0.3, 0.4) is 0 Å². The van der Waals surface area contributed by atoms with E-state index in [1.807, 2.05) is 18.2 Å². The van der Waals surface area contributed by atoms with Gasteiger partial charge in [0.15, 0.2) is 0 Å². The molecule has 0 unspecified atom stereocenters. The molecule has 0 bridgehead atoms. The lowest BCUT2D eigenvalue weighted by atomic mass is 10.1. The number of benzene rings is 2. The molecule has 1 heterocycles. The topological polar surface area (TPSA) is 108 Å². The Labute approximate surface area is 180 Å². The molecule has 8 nitrogen and oxygen atoms in total. The number of amides is 3. The Balaban J connectivity index is 1.61. The van der Waals surface area contributed by atoms with E-state index >= 15 is 0 Å². The maximum absolute atomic E-state index is 14.2. The summed E-state index contributed by atoms with van der Waals surface area (Å²) in [6.07, 6.45) is 2.48. The van der Waals surface area contributed by atoms with Crippen molar-refractivity contribution in [3.8, 4) is 0 Å². The van der Waals surface area contributed by atoms with Gasteiger partial charge in [0.05, 0.1) is 18.4 Å². The Morgan fingerprint density at radius 2 is 1.87 bits per heavy atom. The molecule has 31 heavy (non-hydrogen) atoms.